The standard InChI is InChI=1S/C17H15ClF3N3O3/c18-13-6-1-9(8-23-13)7-12(15(22)26)24-16(27)14(25)10-2-4-11(5-3-10)17(19,20)21/h1-6,8,12,14,25H,7H2,(H2,22,26)(H,24,27)/t12-,14-/m1/s1. The Morgan fingerprint density at radius 1 is 1.19 bits per heavy atom. The van der Waals surface area contributed by atoms with Crippen molar-refractivity contribution in [2.75, 3.05) is 0 Å². The third-order valence-electron chi connectivity index (χ3n) is 3.69. The average Bonchev–Trinajstić information content (AvgIpc) is 2.61. The summed E-state index contributed by atoms with van der Waals surface area (Å²) in [6, 6.07) is 5.39. The number of amides is 2. The molecule has 0 spiro atoms. The molecule has 1 aromatic carbocycles. The summed E-state index contributed by atoms with van der Waals surface area (Å²) in [4.78, 5) is 27.6. The van der Waals surface area contributed by atoms with Gasteiger partial charge in [0, 0.05) is 12.6 Å². The number of pyridine rings is 1. The molecule has 0 unspecified atom stereocenters. The number of primary amides is 1. The van der Waals surface area contributed by atoms with E-state index >= 15 is 0 Å². The molecule has 1 aromatic heterocycles. The fraction of sp³-hybridized carbons (Fsp3) is 0.235. The number of benzene rings is 1. The van der Waals surface area contributed by atoms with Gasteiger partial charge in [0.05, 0.1) is 5.56 Å². The van der Waals surface area contributed by atoms with E-state index in [1.807, 2.05) is 0 Å². The molecular weight excluding hydrogens is 387 g/mol. The molecule has 0 bridgehead atoms. The summed E-state index contributed by atoms with van der Waals surface area (Å²) in [5.41, 5.74) is 4.85. The minimum absolute atomic E-state index is 0.00493. The molecule has 0 saturated heterocycles. The highest BCUT2D eigenvalue weighted by Crippen LogP contribution is 2.30. The van der Waals surface area contributed by atoms with Crippen molar-refractivity contribution >= 4 is 23.4 Å². The van der Waals surface area contributed by atoms with Crippen LogP contribution in [-0.2, 0) is 22.2 Å². The molecule has 0 fully saturated rings. The van der Waals surface area contributed by atoms with Gasteiger partial charge in [-0.25, -0.2) is 4.98 Å². The van der Waals surface area contributed by atoms with E-state index in [0.29, 0.717) is 5.56 Å². The number of alkyl halides is 3. The predicted octanol–water partition coefficient (Wildman–Crippen LogP) is 2.00. The van der Waals surface area contributed by atoms with Gasteiger partial charge in [0.2, 0.25) is 5.91 Å². The van der Waals surface area contributed by atoms with Crippen molar-refractivity contribution in [2.24, 2.45) is 5.73 Å². The van der Waals surface area contributed by atoms with Gasteiger partial charge < -0.3 is 16.2 Å². The minimum atomic E-state index is -4.53. The van der Waals surface area contributed by atoms with Gasteiger partial charge in [0.15, 0.2) is 6.10 Å². The Balaban J connectivity index is 2.07. The Bertz CT molecular complexity index is 811. The molecule has 2 amide bonds. The Morgan fingerprint density at radius 3 is 2.30 bits per heavy atom. The Kier molecular flexibility index (Phi) is 6.40. The van der Waals surface area contributed by atoms with E-state index in [0.717, 1.165) is 24.3 Å². The molecule has 0 aliphatic rings. The van der Waals surface area contributed by atoms with Gasteiger partial charge in [0.1, 0.15) is 11.2 Å². The van der Waals surface area contributed by atoms with Crippen LogP contribution in [0.25, 0.3) is 0 Å². The summed E-state index contributed by atoms with van der Waals surface area (Å²) in [6.45, 7) is 0. The van der Waals surface area contributed by atoms with E-state index in [1.165, 1.54) is 12.3 Å². The number of halogens is 4. The quantitative estimate of drug-likeness (QED) is 0.644. The van der Waals surface area contributed by atoms with Crippen LogP contribution in [0.2, 0.25) is 5.15 Å². The maximum absolute atomic E-state index is 12.6. The van der Waals surface area contributed by atoms with Crippen molar-refractivity contribution in [3.63, 3.8) is 0 Å². The topological polar surface area (TPSA) is 105 Å². The summed E-state index contributed by atoms with van der Waals surface area (Å²) >= 11 is 5.67. The van der Waals surface area contributed by atoms with Crippen LogP contribution >= 0.6 is 11.6 Å². The highest BCUT2D eigenvalue weighted by atomic mass is 35.5. The monoisotopic (exact) mass is 401 g/mol. The lowest BCUT2D eigenvalue weighted by Gasteiger charge is -2.18. The SMILES string of the molecule is NC(=O)[C@@H](Cc1ccc(Cl)nc1)NC(=O)[C@H](O)c1ccc(C(F)(F)F)cc1. The van der Waals surface area contributed by atoms with Gasteiger partial charge in [-0.3, -0.25) is 9.59 Å². The first-order valence-electron chi connectivity index (χ1n) is 7.63. The first kappa shape index (κ1) is 20.7. The van der Waals surface area contributed by atoms with E-state index in [4.69, 9.17) is 17.3 Å². The number of rotatable bonds is 6. The third-order valence-corrected chi connectivity index (χ3v) is 3.91. The molecule has 27 heavy (non-hydrogen) atoms. The molecule has 4 N–H and O–H groups in total. The Morgan fingerprint density at radius 2 is 1.81 bits per heavy atom. The fourth-order valence-corrected chi connectivity index (χ4v) is 2.35. The second-order valence-corrected chi connectivity index (χ2v) is 6.07. The zero-order valence-corrected chi connectivity index (χ0v) is 14.5. The zero-order valence-electron chi connectivity index (χ0n) is 13.7. The number of hydrogen-bond donors (Lipinski definition) is 3. The van der Waals surface area contributed by atoms with Crippen LogP contribution in [0.1, 0.15) is 22.8 Å². The van der Waals surface area contributed by atoms with Crippen LogP contribution in [0.15, 0.2) is 42.6 Å². The first-order valence-corrected chi connectivity index (χ1v) is 8.01. The molecule has 10 heteroatoms. The van der Waals surface area contributed by atoms with Crippen LogP contribution in [0.4, 0.5) is 13.2 Å². The summed E-state index contributed by atoms with van der Waals surface area (Å²) < 4.78 is 37.7. The van der Waals surface area contributed by atoms with Crippen LogP contribution in [0, 0.1) is 0 Å². The first-order chi connectivity index (χ1) is 12.6. The van der Waals surface area contributed by atoms with Gasteiger partial charge in [-0.05, 0) is 29.3 Å². The summed E-state index contributed by atoms with van der Waals surface area (Å²) in [6.07, 6.45) is -4.89. The highest BCUT2D eigenvalue weighted by Gasteiger charge is 2.31. The number of nitrogens with zero attached hydrogens (tertiary/aromatic N) is 1. The lowest BCUT2D eigenvalue weighted by molar-refractivity contribution is -0.137. The molecule has 2 atom stereocenters. The molecular formula is C17H15ClF3N3O3. The molecule has 2 rings (SSSR count). The number of aliphatic hydroxyl groups is 1. The van der Waals surface area contributed by atoms with Gasteiger partial charge in [0.25, 0.3) is 5.91 Å². The number of hydrogen-bond acceptors (Lipinski definition) is 4. The molecule has 0 aliphatic carbocycles. The molecule has 144 valence electrons. The average molecular weight is 402 g/mol. The summed E-state index contributed by atoms with van der Waals surface area (Å²) in [5, 5.41) is 12.6. The smallest absolute Gasteiger partial charge is 0.378 e. The van der Waals surface area contributed by atoms with Crippen molar-refractivity contribution in [2.45, 2.75) is 24.7 Å². The van der Waals surface area contributed by atoms with E-state index in [1.54, 1.807) is 6.07 Å². The molecule has 0 saturated carbocycles. The third kappa shape index (κ3) is 5.66. The van der Waals surface area contributed by atoms with E-state index in [2.05, 4.69) is 10.3 Å². The second kappa shape index (κ2) is 8.36. The van der Waals surface area contributed by atoms with Gasteiger partial charge in [-0.1, -0.05) is 29.8 Å². The summed E-state index contributed by atoms with van der Waals surface area (Å²) in [7, 11) is 0. The second-order valence-electron chi connectivity index (χ2n) is 5.68. The lowest BCUT2D eigenvalue weighted by Crippen LogP contribution is -2.47. The fourth-order valence-electron chi connectivity index (χ4n) is 2.24. The van der Waals surface area contributed by atoms with Gasteiger partial charge in [-0.2, -0.15) is 13.2 Å². The predicted molar refractivity (Wildman–Crippen MR) is 90.5 cm³/mol. The largest absolute Gasteiger partial charge is 0.416 e. The number of aliphatic hydroxyl groups excluding tert-OH is 1. The minimum Gasteiger partial charge on any atom is -0.378 e. The van der Waals surface area contributed by atoms with Gasteiger partial charge >= 0.3 is 6.18 Å². The van der Waals surface area contributed by atoms with Crippen molar-refractivity contribution in [3.8, 4) is 0 Å². The van der Waals surface area contributed by atoms with E-state index in [9.17, 15) is 27.9 Å². The highest BCUT2D eigenvalue weighted by molar-refractivity contribution is 6.29. The van der Waals surface area contributed by atoms with Crippen LogP contribution < -0.4 is 11.1 Å². The number of nitrogens with two attached hydrogens (primary N) is 1. The number of nitrogens with one attached hydrogen (secondary N) is 1. The number of aromatic nitrogens is 1. The number of carbonyl (C=O) groups is 2. The van der Waals surface area contributed by atoms with E-state index < -0.39 is 35.7 Å². The zero-order chi connectivity index (χ0) is 20.2. The van der Waals surface area contributed by atoms with Crippen LogP contribution in [0.5, 0.6) is 0 Å². The van der Waals surface area contributed by atoms with Crippen LogP contribution in [0.3, 0.4) is 0 Å². The number of carbonyl (C=O) groups excluding carboxylic acids is 2. The van der Waals surface area contributed by atoms with Crippen molar-refractivity contribution in [3.05, 3.63) is 64.4 Å². The Labute approximate surface area is 157 Å². The molecule has 0 aliphatic heterocycles. The maximum atomic E-state index is 12.6. The van der Waals surface area contributed by atoms with E-state index in [-0.39, 0.29) is 17.1 Å². The van der Waals surface area contributed by atoms with Gasteiger partial charge in [-0.15, -0.1) is 0 Å². The van der Waals surface area contributed by atoms with Crippen molar-refractivity contribution in [1.82, 2.24) is 10.3 Å². The normalized spacial score (nSPS) is 13.7. The van der Waals surface area contributed by atoms with Crippen LogP contribution in [-0.4, -0.2) is 27.9 Å². The molecule has 6 nitrogen and oxygen atoms in total. The molecule has 0 radical (unpaired) electrons. The molecule has 1 heterocycles. The van der Waals surface area contributed by atoms with Crippen molar-refractivity contribution < 1.29 is 27.9 Å². The lowest BCUT2D eigenvalue weighted by atomic mass is 10.0. The Hall–Kier alpha value is -2.65. The summed E-state index contributed by atoms with van der Waals surface area (Å²) in [5.74, 6) is -1.82. The van der Waals surface area contributed by atoms with Crippen molar-refractivity contribution in [1.29, 1.82) is 0 Å². The molecule has 2 aromatic rings. The maximum Gasteiger partial charge on any atom is 0.416 e.